The minimum absolute atomic E-state index is 0.102. The molecule has 0 aliphatic carbocycles. The average molecular weight is 209 g/mol. The molecule has 0 amide bonds. The van der Waals surface area contributed by atoms with E-state index in [0.29, 0.717) is 19.6 Å². The summed E-state index contributed by atoms with van der Waals surface area (Å²) in [7, 11) is 5.52. The monoisotopic (exact) mass is 209 g/mol. The highest BCUT2D eigenvalue weighted by Crippen LogP contribution is 2.16. The number of aromatic nitrogens is 1. The van der Waals surface area contributed by atoms with Gasteiger partial charge in [0.25, 0.3) is 0 Å². The van der Waals surface area contributed by atoms with Crippen molar-refractivity contribution in [3.63, 3.8) is 0 Å². The molecule has 2 radical (unpaired) electrons. The van der Waals surface area contributed by atoms with Crippen LogP contribution in [0.1, 0.15) is 25.0 Å². The second-order valence-corrected chi connectivity index (χ2v) is 3.13. The molecule has 0 aliphatic heterocycles. The first-order valence-corrected chi connectivity index (χ1v) is 4.81. The first-order chi connectivity index (χ1) is 7.16. The number of nitrogens with zero attached hydrogens (tertiary/aromatic N) is 1. The first-order valence-electron chi connectivity index (χ1n) is 4.81. The molecule has 1 heterocycles. The second-order valence-electron chi connectivity index (χ2n) is 3.13. The Morgan fingerprint density at radius 3 is 2.93 bits per heavy atom. The summed E-state index contributed by atoms with van der Waals surface area (Å²) >= 11 is 0. The van der Waals surface area contributed by atoms with E-state index < -0.39 is 11.9 Å². The van der Waals surface area contributed by atoms with Crippen LogP contribution < -0.4 is 5.46 Å². The van der Waals surface area contributed by atoms with Gasteiger partial charge in [0.2, 0.25) is 0 Å². The molecule has 0 fully saturated rings. The minimum Gasteiger partial charge on any atom is -0.388 e. The van der Waals surface area contributed by atoms with Crippen LogP contribution in [0.15, 0.2) is 12.4 Å². The van der Waals surface area contributed by atoms with Crippen molar-refractivity contribution in [3.05, 3.63) is 23.8 Å². The fourth-order valence-corrected chi connectivity index (χ4v) is 1.30. The molecule has 0 aliphatic rings. The molecule has 0 saturated carbocycles. The molecule has 1 atom stereocenters. The van der Waals surface area contributed by atoms with Crippen LogP contribution in [0.2, 0.25) is 0 Å². The Labute approximate surface area is 89.7 Å². The maximum Gasteiger partial charge on any atom is 0.146 e. The van der Waals surface area contributed by atoms with Gasteiger partial charge < -0.3 is 9.84 Å². The summed E-state index contributed by atoms with van der Waals surface area (Å²) in [5, 5.41) is 9.68. The third kappa shape index (κ3) is 3.29. The summed E-state index contributed by atoms with van der Waals surface area (Å²) in [5.74, 6) is -0.584. The molecular weight excluding hydrogens is 196 g/mol. The predicted molar refractivity (Wildman–Crippen MR) is 55.7 cm³/mol. The topological polar surface area (TPSA) is 42.4 Å². The van der Waals surface area contributed by atoms with Crippen LogP contribution in [-0.4, -0.2) is 31.2 Å². The van der Waals surface area contributed by atoms with Crippen LogP contribution in [0.25, 0.3) is 0 Å². The van der Waals surface area contributed by atoms with Crippen molar-refractivity contribution in [2.75, 3.05) is 13.2 Å². The molecule has 1 rings (SSSR count). The van der Waals surface area contributed by atoms with Crippen molar-refractivity contribution in [2.45, 2.75) is 19.4 Å². The molecule has 1 N–H and O–H groups in total. The van der Waals surface area contributed by atoms with Gasteiger partial charge >= 0.3 is 0 Å². The van der Waals surface area contributed by atoms with Gasteiger partial charge in [0.1, 0.15) is 13.7 Å². The van der Waals surface area contributed by atoms with Crippen molar-refractivity contribution in [2.24, 2.45) is 0 Å². The number of pyridine rings is 1. The SMILES string of the molecule is [B]c1cncc(F)c1C(O)CCOCC. The van der Waals surface area contributed by atoms with E-state index in [1.54, 1.807) is 0 Å². The molecule has 0 aromatic carbocycles. The molecule has 0 saturated heterocycles. The molecular formula is C10H13BFNO2. The standard InChI is InChI=1S/C10H13BFNO2/c1-2-15-4-3-9(14)10-7(11)5-13-6-8(10)12/h5-6,9,14H,2-4H2,1H3. The number of halogens is 1. The maximum atomic E-state index is 13.3. The highest BCUT2D eigenvalue weighted by atomic mass is 19.1. The lowest BCUT2D eigenvalue weighted by Gasteiger charge is -2.14. The lowest BCUT2D eigenvalue weighted by atomic mass is 9.89. The van der Waals surface area contributed by atoms with Crippen LogP contribution in [-0.2, 0) is 4.74 Å². The molecule has 5 heteroatoms. The number of hydrogen-bond donors (Lipinski definition) is 1. The number of hydrogen-bond acceptors (Lipinski definition) is 3. The van der Waals surface area contributed by atoms with E-state index in [1.807, 2.05) is 6.92 Å². The zero-order valence-electron chi connectivity index (χ0n) is 8.61. The van der Waals surface area contributed by atoms with E-state index in [2.05, 4.69) is 4.98 Å². The highest BCUT2D eigenvalue weighted by molar-refractivity contribution is 6.33. The van der Waals surface area contributed by atoms with Crippen molar-refractivity contribution in [1.82, 2.24) is 4.98 Å². The van der Waals surface area contributed by atoms with E-state index in [0.717, 1.165) is 6.20 Å². The predicted octanol–water partition coefficient (Wildman–Crippen LogP) is 0.474. The Morgan fingerprint density at radius 2 is 2.33 bits per heavy atom. The molecule has 1 aromatic heterocycles. The Morgan fingerprint density at radius 1 is 1.60 bits per heavy atom. The second kappa shape index (κ2) is 5.83. The molecule has 80 valence electrons. The van der Waals surface area contributed by atoms with E-state index in [1.165, 1.54) is 6.20 Å². The zero-order valence-corrected chi connectivity index (χ0v) is 8.61. The Bertz CT molecular complexity index is 302. The summed E-state index contributed by atoms with van der Waals surface area (Å²) in [5.41, 5.74) is 0.267. The zero-order chi connectivity index (χ0) is 11.3. The first kappa shape index (κ1) is 12.1. The van der Waals surface area contributed by atoms with E-state index >= 15 is 0 Å². The molecule has 1 unspecified atom stereocenters. The lowest BCUT2D eigenvalue weighted by molar-refractivity contribution is 0.0873. The highest BCUT2D eigenvalue weighted by Gasteiger charge is 2.14. The number of ether oxygens (including phenoxy) is 1. The Kier molecular flexibility index (Phi) is 4.71. The Hall–Kier alpha value is -0.935. The fraction of sp³-hybridized carbons (Fsp3) is 0.500. The van der Waals surface area contributed by atoms with Gasteiger partial charge in [0.15, 0.2) is 0 Å². The largest absolute Gasteiger partial charge is 0.388 e. The third-order valence-corrected chi connectivity index (χ3v) is 2.04. The van der Waals surface area contributed by atoms with Gasteiger partial charge in [0, 0.05) is 31.4 Å². The van der Waals surface area contributed by atoms with Crippen LogP contribution in [0, 0.1) is 5.82 Å². The lowest BCUT2D eigenvalue weighted by Crippen LogP contribution is -2.18. The van der Waals surface area contributed by atoms with Gasteiger partial charge in [-0.15, -0.1) is 0 Å². The number of aliphatic hydroxyl groups is 1. The van der Waals surface area contributed by atoms with Gasteiger partial charge in [-0.2, -0.15) is 0 Å². The molecule has 3 nitrogen and oxygen atoms in total. The summed E-state index contributed by atoms with van der Waals surface area (Å²) in [6.45, 7) is 2.80. The summed E-state index contributed by atoms with van der Waals surface area (Å²) in [6.07, 6.45) is 1.73. The normalized spacial score (nSPS) is 12.7. The average Bonchev–Trinajstić information content (AvgIpc) is 2.18. The number of aliphatic hydroxyl groups excluding tert-OH is 1. The Balaban J connectivity index is 2.68. The van der Waals surface area contributed by atoms with Gasteiger partial charge in [0.05, 0.1) is 12.3 Å². The van der Waals surface area contributed by atoms with Crippen LogP contribution in [0.3, 0.4) is 0 Å². The summed E-state index contributed by atoms with van der Waals surface area (Å²) in [4.78, 5) is 3.58. The fourth-order valence-electron chi connectivity index (χ4n) is 1.30. The molecule has 0 bridgehead atoms. The maximum absolute atomic E-state index is 13.3. The van der Waals surface area contributed by atoms with Crippen LogP contribution in [0.4, 0.5) is 4.39 Å². The number of rotatable bonds is 5. The van der Waals surface area contributed by atoms with Crippen LogP contribution >= 0.6 is 0 Å². The molecule has 15 heavy (non-hydrogen) atoms. The quantitative estimate of drug-likeness (QED) is 0.566. The van der Waals surface area contributed by atoms with Crippen LogP contribution in [0.5, 0.6) is 0 Å². The van der Waals surface area contributed by atoms with Crippen molar-refractivity contribution in [1.29, 1.82) is 0 Å². The van der Waals surface area contributed by atoms with E-state index in [4.69, 9.17) is 12.6 Å². The minimum atomic E-state index is -0.945. The molecule has 1 aromatic rings. The smallest absolute Gasteiger partial charge is 0.146 e. The van der Waals surface area contributed by atoms with Gasteiger partial charge in [-0.05, 0) is 6.92 Å². The van der Waals surface area contributed by atoms with Gasteiger partial charge in [-0.25, -0.2) is 4.39 Å². The van der Waals surface area contributed by atoms with Crippen molar-refractivity contribution >= 4 is 13.3 Å². The third-order valence-electron chi connectivity index (χ3n) is 2.04. The van der Waals surface area contributed by atoms with E-state index in [9.17, 15) is 9.50 Å². The van der Waals surface area contributed by atoms with E-state index in [-0.39, 0.29) is 11.0 Å². The summed E-state index contributed by atoms with van der Waals surface area (Å²) in [6, 6.07) is 0. The molecule has 0 spiro atoms. The van der Waals surface area contributed by atoms with Gasteiger partial charge in [-0.3, -0.25) is 4.98 Å². The summed E-state index contributed by atoms with van der Waals surface area (Å²) < 4.78 is 18.3. The van der Waals surface area contributed by atoms with Crippen molar-refractivity contribution in [3.8, 4) is 0 Å². The van der Waals surface area contributed by atoms with Gasteiger partial charge in [-0.1, -0.05) is 5.46 Å². The van der Waals surface area contributed by atoms with Crippen molar-refractivity contribution < 1.29 is 14.2 Å².